The van der Waals surface area contributed by atoms with Crippen LogP contribution in [-0.2, 0) is 31.9 Å². The minimum Gasteiger partial charge on any atom is -0.467 e. The number of para-hydroxylation sites is 2. The van der Waals surface area contributed by atoms with Crippen LogP contribution < -0.4 is 21.3 Å². The number of anilines is 2. The van der Waals surface area contributed by atoms with Gasteiger partial charge in [-0.3, -0.25) is 0 Å². The molecule has 0 spiro atoms. The molecule has 0 unspecified atom stereocenters. The highest BCUT2D eigenvalue weighted by molar-refractivity contribution is 5.96. The number of carbonyl (C=O) groups excluding carboxylic acids is 4. The third kappa shape index (κ3) is 6.98. The SMILES string of the molecule is COC(=O)[C@H](Cc1c[nH]c2ccccc12)NC(=O)Nc1cccc(NC(=O)N[C@@H](Cc2c[nH]c3ccccc23)C(=O)OC)c1. The molecule has 5 rings (SSSR count). The quantitative estimate of drug-likeness (QED) is 0.130. The Morgan fingerprint density at radius 2 is 1.07 bits per heavy atom. The second-order valence-electron chi connectivity index (χ2n) is 10.1. The first-order valence-electron chi connectivity index (χ1n) is 13.9. The number of methoxy groups -OCH3 is 2. The number of ether oxygens (including phenoxy) is 2. The summed E-state index contributed by atoms with van der Waals surface area (Å²) in [5.74, 6) is -1.18. The van der Waals surface area contributed by atoms with Gasteiger partial charge in [0.2, 0.25) is 0 Å². The predicted octanol–water partition coefficient (Wildman–Crippen LogP) is 4.46. The Labute approximate surface area is 252 Å². The van der Waals surface area contributed by atoms with Gasteiger partial charge in [0.1, 0.15) is 12.1 Å². The maximum Gasteiger partial charge on any atom is 0.328 e. The zero-order valence-corrected chi connectivity index (χ0v) is 24.1. The third-order valence-corrected chi connectivity index (χ3v) is 7.16. The van der Waals surface area contributed by atoms with Crippen molar-refractivity contribution in [2.45, 2.75) is 24.9 Å². The molecule has 0 aliphatic rings. The van der Waals surface area contributed by atoms with Gasteiger partial charge in [0.15, 0.2) is 0 Å². The number of esters is 2. The van der Waals surface area contributed by atoms with Crippen LogP contribution in [0.15, 0.2) is 85.2 Å². The van der Waals surface area contributed by atoms with E-state index in [1.54, 1.807) is 36.7 Å². The first-order chi connectivity index (χ1) is 21.3. The first-order valence-corrected chi connectivity index (χ1v) is 13.9. The summed E-state index contributed by atoms with van der Waals surface area (Å²) < 4.78 is 9.83. The summed E-state index contributed by atoms with van der Waals surface area (Å²) in [6.45, 7) is 0. The molecule has 0 aliphatic heterocycles. The fourth-order valence-electron chi connectivity index (χ4n) is 5.04. The van der Waals surface area contributed by atoms with Crippen LogP contribution in [0, 0.1) is 0 Å². The Morgan fingerprint density at radius 1 is 0.636 bits per heavy atom. The molecule has 3 aromatic carbocycles. The Morgan fingerprint density at radius 3 is 1.50 bits per heavy atom. The number of benzene rings is 3. The van der Waals surface area contributed by atoms with Gasteiger partial charge < -0.3 is 40.7 Å². The molecule has 2 atom stereocenters. The Kier molecular flexibility index (Phi) is 9.09. The van der Waals surface area contributed by atoms with Crippen molar-refractivity contribution in [3.63, 3.8) is 0 Å². The van der Waals surface area contributed by atoms with Gasteiger partial charge in [0.25, 0.3) is 0 Å². The molecule has 0 saturated heterocycles. The minimum atomic E-state index is -0.946. The van der Waals surface area contributed by atoms with Crippen molar-refractivity contribution in [3.8, 4) is 0 Å². The molecule has 5 aromatic rings. The number of carbonyl (C=O) groups is 4. The number of aromatic nitrogens is 2. The summed E-state index contributed by atoms with van der Waals surface area (Å²) in [5.41, 5.74) is 4.25. The number of aromatic amines is 2. The van der Waals surface area contributed by atoms with Gasteiger partial charge in [-0.05, 0) is 41.5 Å². The highest BCUT2D eigenvalue weighted by atomic mass is 16.5. The van der Waals surface area contributed by atoms with Crippen LogP contribution in [0.4, 0.5) is 21.0 Å². The fourth-order valence-corrected chi connectivity index (χ4v) is 5.04. The van der Waals surface area contributed by atoms with Crippen LogP contribution in [0.3, 0.4) is 0 Å². The molecule has 0 bridgehead atoms. The zero-order chi connectivity index (χ0) is 31.1. The molecule has 4 amide bonds. The van der Waals surface area contributed by atoms with E-state index in [2.05, 4.69) is 31.2 Å². The number of hydrogen-bond acceptors (Lipinski definition) is 6. The topological polar surface area (TPSA) is 166 Å². The van der Waals surface area contributed by atoms with Crippen molar-refractivity contribution in [1.29, 1.82) is 0 Å². The third-order valence-electron chi connectivity index (χ3n) is 7.16. The molecule has 0 radical (unpaired) electrons. The van der Waals surface area contributed by atoms with E-state index in [4.69, 9.17) is 9.47 Å². The average Bonchev–Trinajstić information content (AvgIpc) is 3.63. The van der Waals surface area contributed by atoms with Crippen molar-refractivity contribution in [2.75, 3.05) is 24.9 Å². The van der Waals surface area contributed by atoms with Crippen molar-refractivity contribution >= 4 is 57.2 Å². The van der Waals surface area contributed by atoms with E-state index in [0.29, 0.717) is 11.4 Å². The Hall–Kier alpha value is -5.78. The van der Waals surface area contributed by atoms with E-state index >= 15 is 0 Å². The smallest absolute Gasteiger partial charge is 0.328 e. The summed E-state index contributed by atoms with van der Waals surface area (Å²) >= 11 is 0. The van der Waals surface area contributed by atoms with Gasteiger partial charge in [-0.2, -0.15) is 0 Å². The molecule has 226 valence electrons. The lowest BCUT2D eigenvalue weighted by molar-refractivity contribution is -0.143. The Balaban J connectivity index is 1.21. The second kappa shape index (κ2) is 13.5. The van der Waals surface area contributed by atoms with Crippen molar-refractivity contribution in [2.24, 2.45) is 0 Å². The summed E-state index contributed by atoms with van der Waals surface area (Å²) in [7, 11) is 2.52. The van der Waals surface area contributed by atoms with Crippen LogP contribution in [0.25, 0.3) is 21.8 Å². The van der Waals surface area contributed by atoms with Crippen LogP contribution in [-0.4, -0.2) is 60.3 Å². The van der Waals surface area contributed by atoms with Crippen LogP contribution in [0.1, 0.15) is 11.1 Å². The maximum atomic E-state index is 12.9. The molecule has 2 aromatic heterocycles. The number of nitrogens with one attached hydrogen (secondary N) is 6. The summed E-state index contributed by atoms with van der Waals surface area (Å²) in [6.07, 6.45) is 4.02. The molecular weight excluding hydrogens is 564 g/mol. The van der Waals surface area contributed by atoms with Gasteiger partial charge in [-0.1, -0.05) is 42.5 Å². The summed E-state index contributed by atoms with van der Waals surface area (Å²) in [6, 6.07) is 18.6. The number of H-pyrrole nitrogens is 2. The number of rotatable bonds is 10. The van der Waals surface area contributed by atoms with Gasteiger partial charge in [0.05, 0.1) is 14.2 Å². The molecule has 0 saturated carbocycles. The van der Waals surface area contributed by atoms with Crippen molar-refractivity contribution in [3.05, 3.63) is 96.3 Å². The molecule has 44 heavy (non-hydrogen) atoms. The van der Waals surface area contributed by atoms with E-state index < -0.39 is 36.1 Å². The molecular formula is C32H32N6O6. The molecule has 0 aliphatic carbocycles. The lowest BCUT2D eigenvalue weighted by Gasteiger charge is -2.18. The minimum absolute atomic E-state index is 0.214. The zero-order valence-electron chi connectivity index (χ0n) is 24.1. The van der Waals surface area contributed by atoms with E-state index in [-0.39, 0.29) is 12.8 Å². The lowest BCUT2D eigenvalue weighted by atomic mass is 10.1. The van der Waals surface area contributed by atoms with Crippen LogP contribution >= 0.6 is 0 Å². The van der Waals surface area contributed by atoms with Gasteiger partial charge >= 0.3 is 24.0 Å². The number of urea groups is 2. The number of amides is 4. The van der Waals surface area contributed by atoms with Gasteiger partial charge in [-0.25, -0.2) is 19.2 Å². The van der Waals surface area contributed by atoms with Crippen LogP contribution in [0.2, 0.25) is 0 Å². The molecule has 0 fully saturated rings. The first kappa shape index (κ1) is 29.7. The molecule has 12 nitrogen and oxygen atoms in total. The predicted molar refractivity (Wildman–Crippen MR) is 166 cm³/mol. The monoisotopic (exact) mass is 596 g/mol. The van der Waals surface area contributed by atoms with Gasteiger partial charge in [0, 0.05) is 58.4 Å². The Bertz CT molecular complexity index is 1680. The highest BCUT2D eigenvalue weighted by Crippen LogP contribution is 2.21. The highest BCUT2D eigenvalue weighted by Gasteiger charge is 2.25. The van der Waals surface area contributed by atoms with E-state index in [1.165, 1.54) is 14.2 Å². The molecule has 6 N–H and O–H groups in total. The van der Waals surface area contributed by atoms with E-state index in [1.807, 2.05) is 48.5 Å². The largest absolute Gasteiger partial charge is 0.467 e. The van der Waals surface area contributed by atoms with Crippen molar-refractivity contribution in [1.82, 2.24) is 20.6 Å². The fraction of sp³-hybridized carbons (Fsp3) is 0.188. The molecule has 2 heterocycles. The second-order valence-corrected chi connectivity index (χ2v) is 10.1. The summed E-state index contributed by atoms with van der Waals surface area (Å²) in [4.78, 5) is 57.1. The van der Waals surface area contributed by atoms with Gasteiger partial charge in [-0.15, -0.1) is 0 Å². The maximum absolute atomic E-state index is 12.9. The average molecular weight is 597 g/mol. The van der Waals surface area contributed by atoms with Crippen LogP contribution in [0.5, 0.6) is 0 Å². The lowest BCUT2D eigenvalue weighted by Crippen LogP contribution is -2.45. The molecule has 12 heteroatoms. The summed E-state index contributed by atoms with van der Waals surface area (Å²) in [5, 5.41) is 12.6. The van der Waals surface area contributed by atoms with E-state index in [9.17, 15) is 19.2 Å². The number of fused-ring (bicyclic) bond motifs is 2. The number of hydrogen-bond donors (Lipinski definition) is 6. The van der Waals surface area contributed by atoms with Crippen molar-refractivity contribution < 1.29 is 28.7 Å². The normalized spacial score (nSPS) is 12.2. The standard InChI is InChI=1S/C32H32N6O6/c1-43-29(39)27(14-19-17-33-25-12-5-3-10-23(19)25)37-31(41)35-21-8-7-9-22(16-21)36-32(42)38-28(30(40)44-2)15-20-18-34-26-13-6-4-11-24(20)26/h3-13,16-18,27-28,33-34H,14-15H2,1-2H3,(H2,35,37,41)(H2,36,38,42)/t27-,28-/m0/s1. The van der Waals surface area contributed by atoms with E-state index in [0.717, 1.165) is 32.9 Å².